The van der Waals surface area contributed by atoms with Crippen LogP contribution in [0.1, 0.15) is 16.1 Å². The number of carbonyl (C=O) groups is 2. The predicted molar refractivity (Wildman–Crippen MR) is 144 cm³/mol. The van der Waals surface area contributed by atoms with Crippen molar-refractivity contribution in [1.82, 2.24) is 9.97 Å². The molecule has 5 rings (SSSR count). The molecule has 3 amide bonds. The fourth-order valence-corrected chi connectivity index (χ4v) is 5.16. The van der Waals surface area contributed by atoms with Gasteiger partial charge in [-0.15, -0.1) is 22.7 Å². The normalized spacial score (nSPS) is 10.8. The third-order valence-corrected chi connectivity index (χ3v) is 7.07. The van der Waals surface area contributed by atoms with E-state index in [-0.39, 0.29) is 11.6 Å². The predicted octanol–water partition coefficient (Wildman–Crippen LogP) is 7.28. The van der Waals surface area contributed by atoms with E-state index in [1.54, 1.807) is 41.0 Å². The standard InChI is InChI=1S/C25H18ClN5O2S2/c1-14-2-11-19-21(12-14)35-23(29-19)15-3-7-17(8-4-15)27-22(32)20-13-34-25(30-20)31-24(33)28-18-9-5-16(26)6-10-18/h2-13H,1H3,(H,27,32)(H2,28,30,31,33). The van der Waals surface area contributed by atoms with Crippen LogP contribution >= 0.6 is 34.3 Å². The Bertz CT molecular complexity index is 1530. The molecule has 0 saturated heterocycles. The van der Waals surface area contributed by atoms with Crippen LogP contribution in [0, 0.1) is 6.92 Å². The van der Waals surface area contributed by atoms with Crippen LogP contribution in [0.25, 0.3) is 20.8 Å². The number of fused-ring (bicyclic) bond motifs is 1. The minimum atomic E-state index is -0.464. The molecule has 2 aromatic heterocycles. The maximum atomic E-state index is 12.6. The summed E-state index contributed by atoms with van der Waals surface area (Å²) in [5, 5.41) is 11.5. The van der Waals surface area contributed by atoms with Crippen LogP contribution in [-0.4, -0.2) is 21.9 Å². The summed E-state index contributed by atoms with van der Waals surface area (Å²) in [5.41, 5.74) is 4.59. The van der Waals surface area contributed by atoms with Gasteiger partial charge in [0.1, 0.15) is 10.7 Å². The van der Waals surface area contributed by atoms with E-state index in [0.29, 0.717) is 21.5 Å². The number of nitrogens with one attached hydrogen (secondary N) is 3. The maximum Gasteiger partial charge on any atom is 0.325 e. The lowest BCUT2D eigenvalue weighted by Crippen LogP contribution is -2.19. The van der Waals surface area contributed by atoms with Gasteiger partial charge in [-0.2, -0.15) is 0 Å². The van der Waals surface area contributed by atoms with Crippen molar-refractivity contribution < 1.29 is 9.59 Å². The zero-order chi connectivity index (χ0) is 24.4. The van der Waals surface area contributed by atoms with Crippen LogP contribution in [0.2, 0.25) is 5.02 Å². The maximum absolute atomic E-state index is 12.6. The van der Waals surface area contributed by atoms with E-state index in [1.807, 2.05) is 30.3 Å². The lowest BCUT2D eigenvalue weighted by Gasteiger charge is -2.05. The molecule has 0 radical (unpaired) electrons. The first-order valence-electron chi connectivity index (χ1n) is 10.5. The Morgan fingerprint density at radius 1 is 0.857 bits per heavy atom. The van der Waals surface area contributed by atoms with Crippen molar-refractivity contribution in [2.75, 3.05) is 16.0 Å². The van der Waals surface area contributed by atoms with Gasteiger partial charge in [0.15, 0.2) is 5.13 Å². The fraction of sp³-hybridized carbons (Fsp3) is 0.0400. The van der Waals surface area contributed by atoms with Gasteiger partial charge < -0.3 is 10.6 Å². The van der Waals surface area contributed by atoms with Crippen LogP contribution < -0.4 is 16.0 Å². The summed E-state index contributed by atoms with van der Waals surface area (Å²) in [6.07, 6.45) is 0. The summed E-state index contributed by atoms with van der Waals surface area (Å²) in [7, 11) is 0. The molecule has 0 atom stereocenters. The number of hydrogen-bond acceptors (Lipinski definition) is 6. The SMILES string of the molecule is Cc1ccc2nc(-c3ccc(NC(=O)c4csc(NC(=O)Nc5ccc(Cl)cc5)n4)cc3)sc2c1. The van der Waals surface area contributed by atoms with Gasteiger partial charge in [-0.1, -0.05) is 17.7 Å². The number of carbonyl (C=O) groups excluding carboxylic acids is 2. The van der Waals surface area contributed by atoms with E-state index < -0.39 is 6.03 Å². The highest BCUT2D eigenvalue weighted by atomic mass is 35.5. The monoisotopic (exact) mass is 519 g/mol. The van der Waals surface area contributed by atoms with Crippen molar-refractivity contribution in [2.24, 2.45) is 0 Å². The van der Waals surface area contributed by atoms with Gasteiger partial charge in [-0.05, 0) is 73.2 Å². The molecule has 3 aromatic carbocycles. The molecule has 0 aliphatic heterocycles. The molecule has 0 aliphatic carbocycles. The molecule has 0 fully saturated rings. The van der Waals surface area contributed by atoms with Crippen molar-refractivity contribution in [1.29, 1.82) is 0 Å². The zero-order valence-corrected chi connectivity index (χ0v) is 20.7. The Hall–Kier alpha value is -3.79. The van der Waals surface area contributed by atoms with Crippen LogP contribution in [0.15, 0.2) is 72.1 Å². The Morgan fingerprint density at radius 3 is 2.34 bits per heavy atom. The molecule has 0 aliphatic rings. The number of amides is 3. The average molecular weight is 520 g/mol. The van der Waals surface area contributed by atoms with E-state index in [0.717, 1.165) is 32.1 Å². The van der Waals surface area contributed by atoms with Crippen LogP contribution in [0.3, 0.4) is 0 Å². The summed E-state index contributed by atoms with van der Waals surface area (Å²) in [6, 6.07) is 20.0. The van der Waals surface area contributed by atoms with Crippen LogP contribution in [0.5, 0.6) is 0 Å². The first kappa shape index (κ1) is 23.0. The molecular formula is C25H18ClN5O2S2. The van der Waals surface area contributed by atoms with Crippen molar-refractivity contribution in [3.05, 3.63) is 88.4 Å². The number of nitrogens with zero attached hydrogens (tertiary/aromatic N) is 2. The molecule has 7 nitrogen and oxygen atoms in total. The van der Waals surface area contributed by atoms with Gasteiger partial charge in [0, 0.05) is 27.3 Å². The van der Waals surface area contributed by atoms with Gasteiger partial charge >= 0.3 is 6.03 Å². The lowest BCUT2D eigenvalue weighted by molar-refractivity contribution is 0.102. The minimum Gasteiger partial charge on any atom is -0.321 e. The quantitative estimate of drug-likeness (QED) is 0.227. The van der Waals surface area contributed by atoms with Gasteiger partial charge in [0.2, 0.25) is 0 Å². The Balaban J connectivity index is 1.20. The molecule has 174 valence electrons. The number of thiazole rings is 2. The summed E-state index contributed by atoms with van der Waals surface area (Å²) in [6.45, 7) is 2.06. The molecule has 0 spiro atoms. The van der Waals surface area contributed by atoms with Crippen LogP contribution in [-0.2, 0) is 0 Å². The highest BCUT2D eigenvalue weighted by Crippen LogP contribution is 2.31. The van der Waals surface area contributed by atoms with E-state index in [9.17, 15) is 9.59 Å². The Kier molecular flexibility index (Phi) is 6.45. The summed E-state index contributed by atoms with van der Waals surface area (Å²) in [5.74, 6) is -0.365. The van der Waals surface area contributed by atoms with Gasteiger partial charge in [0.05, 0.1) is 10.2 Å². The third kappa shape index (κ3) is 5.48. The zero-order valence-electron chi connectivity index (χ0n) is 18.3. The fourth-order valence-electron chi connectivity index (χ4n) is 3.27. The van der Waals surface area contributed by atoms with Crippen molar-refractivity contribution >= 4 is 72.9 Å². The van der Waals surface area contributed by atoms with Gasteiger partial charge in [-0.25, -0.2) is 14.8 Å². The topological polar surface area (TPSA) is 96.0 Å². The highest BCUT2D eigenvalue weighted by Gasteiger charge is 2.14. The summed E-state index contributed by atoms with van der Waals surface area (Å²) in [4.78, 5) is 33.7. The summed E-state index contributed by atoms with van der Waals surface area (Å²) < 4.78 is 1.15. The van der Waals surface area contributed by atoms with E-state index in [4.69, 9.17) is 16.6 Å². The Morgan fingerprint density at radius 2 is 1.57 bits per heavy atom. The highest BCUT2D eigenvalue weighted by molar-refractivity contribution is 7.21. The number of aryl methyl sites for hydroxylation is 1. The molecule has 0 saturated carbocycles. The number of hydrogen-bond donors (Lipinski definition) is 3. The van der Waals surface area contributed by atoms with Crippen molar-refractivity contribution in [3.63, 3.8) is 0 Å². The molecule has 0 bridgehead atoms. The molecule has 2 heterocycles. The second-order valence-corrected chi connectivity index (χ2v) is 9.97. The van der Waals surface area contributed by atoms with Crippen LogP contribution in [0.4, 0.5) is 21.3 Å². The minimum absolute atomic E-state index is 0.211. The van der Waals surface area contributed by atoms with E-state index in [1.165, 1.54) is 5.56 Å². The first-order valence-corrected chi connectivity index (χ1v) is 12.6. The molecular weight excluding hydrogens is 502 g/mol. The number of rotatable bonds is 5. The largest absolute Gasteiger partial charge is 0.325 e. The van der Waals surface area contributed by atoms with Crippen molar-refractivity contribution in [3.8, 4) is 10.6 Å². The van der Waals surface area contributed by atoms with Gasteiger partial charge in [-0.3, -0.25) is 10.1 Å². The number of benzene rings is 3. The Labute approximate surface area is 213 Å². The first-order chi connectivity index (χ1) is 16.9. The molecule has 5 aromatic rings. The lowest BCUT2D eigenvalue weighted by atomic mass is 10.2. The van der Waals surface area contributed by atoms with E-state index in [2.05, 4.69) is 40.0 Å². The number of anilines is 3. The molecule has 3 N–H and O–H groups in total. The smallest absolute Gasteiger partial charge is 0.321 e. The van der Waals surface area contributed by atoms with Crippen molar-refractivity contribution in [2.45, 2.75) is 6.92 Å². The third-order valence-electron chi connectivity index (χ3n) is 4.99. The number of aromatic nitrogens is 2. The molecule has 35 heavy (non-hydrogen) atoms. The molecule has 0 unspecified atom stereocenters. The van der Waals surface area contributed by atoms with Gasteiger partial charge in [0.25, 0.3) is 5.91 Å². The van der Waals surface area contributed by atoms with E-state index >= 15 is 0 Å². The second kappa shape index (κ2) is 9.83. The number of halogens is 1. The summed E-state index contributed by atoms with van der Waals surface area (Å²) >= 11 is 8.64. The number of urea groups is 1. The second-order valence-electron chi connectivity index (χ2n) is 7.65. The molecule has 10 heteroatoms. The average Bonchev–Trinajstić information content (AvgIpc) is 3.48.